The van der Waals surface area contributed by atoms with Gasteiger partial charge in [0.15, 0.2) is 6.29 Å². The summed E-state index contributed by atoms with van der Waals surface area (Å²) in [5.74, 6) is -0.160. The van der Waals surface area contributed by atoms with E-state index in [1.165, 1.54) is 0 Å². The third kappa shape index (κ3) is 4.54. The van der Waals surface area contributed by atoms with Crippen molar-refractivity contribution in [1.82, 2.24) is 0 Å². The number of ether oxygens (including phenoxy) is 2. The lowest BCUT2D eigenvalue weighted by molar-refractivity contribution is -0.306. The van der Waals surface area contributed by atoms with Gasteiger partial charge in [0.25, 0.3) is 0 Å². The fourth-order valence-corrected chi connectivity index (χ4v) is 4.20. The van der Waals surface area contributed by atoms with E-state index in [1.807, 2.05) is 20.8 Å². The minimum Gasteiger partial charge on any atom is -0.394 e. The molecule has 1 aliphatic heterocycles. The highest BCUT2D eigenvalue weighted by atomic mass is 16.7. The first-order valence-corrected chi connectivity index (χ1v) is 9.48. The van der Waals surface area contributed by atoms with Gasteiger partial charge in [-0.1, -0.05) is 32.9 Å². The highest BCUT2D eigenvalue weighted by molar-refractivity contribution is 5.15. The molecule has 27 heavy (non-hydrogen) atoms. The Balaban J connectivity index is 2.07. The summed E-state index contributed by atoms with van der Waals surface area (Å²) in [5, 5.41) is 60.1. The molecule has 6 N–H and O–H groups in total. The summed E-state index contributed by atoms with van der Waals surface area (Å²) in [7, 11) is 0. The van der Waals surface area contributed by atoms with Crippen LogP contribution in [-0.2, 0) is 9.47 Å². The summed E-state index contributed by atoms with van der Waals surface area (Å²) in [6.07, 6.45) is -3.42. The van der Waals surface area contributed by atoms with Crippen molar-refractivity contribution < 1.29 is 40.1 Å². The second kappa shape index (κ2) is 8.42. The molecule has 0 aromatic rings. The third-order valence-corrected chi connectivity index (χ3v) is 6.03. The van der Waals surface area contributed by atoms with Crippen molar-refractivity contribution in [2.45, 2.75) is 89.1 Å². The van der Waals surface area contributed by atoms with Gasteiger partial charge in [-0.15, -0.1) is 0 Å². The molecular formula is C19H34O8. The van der Waals surface area contributed by atoms with Crippen LogP contribution in [-0.4, -0.2) is 85.8 Å². The Labute approximate surface area is 160 Å². The van der Waals surface area contributed by atoms with Crippen molar-refractivity contribution in [3.8, 4) is 0 Å². The van der Waals surface area contributed by atoms with Crippen LogP contribution in [0.3, 0.4) is 0 Å². The van der Waals surface area contributed by atoms with Crippen molar-refractivity contribution in [2.75, 3.05) is 6.61 Å². The fraction of sp³-hybridized carbons (Fsp3) is 0.895. The molecule has 0 amide bonds. The number of rotatable bonds is 5. The van der Waals surface area contributed by atoms with Crippen LogP contribution in [0, 0.1) is 11.3 Å². The summed E-state index contributed by atoms with van der Waals surface area (Å²) < 4.78 is 10.9. The molecule has 8 heteroatoms. The van der Waals surface area contributed by atoms with Crippen molar-refractivity contribution >= 4 is 0 Å². The first-order chi connectivity index (χ1) is 12.4. The number of hydrogen-bond acceptors (Lipinski definition) is 8. The predicted molar refractivity (Wildman–Crippen MR) is 96.6 cm³/mol. The molecule has 9 atom stereocenters. The lowest BCUT2D eigenvalue weighted by Gasteiger charge is -2.50. The molecule has 8 nitrogen and oxygen atoms in total. The fourth-order valence-electron chi connectivity index (χ4n) is 4.20. The Kier molecular flexibility index (Phi) is 7.08. The molecule has 1 heterocycles. The Hall–Kier alpha value is -0.580. The van der Waals surface area contributed by atoms with E-state index < -0.39 is 60.5 Å². The van der Waals surface area contributed by atoms with Gasteiger partial charge < -0.3 is 40.1 Å². The van der Waals surface area contributed by atoms with Crippen molar-refractivity contribution in [2.24, 2.45) is 11.3 Å². The average molecular weight is 390 g/mol. The van der Waals surface area contributed by atoms with Gasteiger partial charge in [-0.2, -0.15) is 0 Å². The SMILES string of the molecule is C[C@H](/C=C/[C@]1(O)[C@@H](C)C[C@H](O)CC1(C)C)O[C@H]1O[C@@H](CO)[C@H](O)[C@@H](O)[C@@H]1O. The molecule has 0 bridgehead atoms. The van der Waals surface area contributed by atoms with E-state index in [4.69, 9.17) is 9.47 Å². The topological polar surface area (TPSA) is 140 Å². The van der Waals surface area contributed by atoms with Gasteiger partial charge in [-0.05, 0) is 31.1 Å². The maximum absolute atomic E-state index is 11.2. The van der Waals surface area contributed by atoms with Crippen molar-refractivity contribution in [3.05, 3.63) is 12.2 Å². The van der Waals surface area contributed by atoms with Gasteiger partial charge in [0.05, 0.1) is 24.4 Å². The van der Waals surface area contributed by atoms with Gasteiger partial charge >= 0.3 is 0 Å². The molecule has 0 unspecified atom stereocenters. The maximum Gasteiger partial charge on any atom is 0.187 e. The normalized spacial score (nSPS) is 46.5. The number of aliphatic hydroxyl groups is 6. The van der Waals surface area contributed by atoms with Gasteiger partial charge in [0.2, 0.25) is 0 Å². The van der Waals surface area contributed by atoms with Crippen LogP contribution in [0.25, 0.3) is 0 Å². The van der Waals surface area contributed by atoms with E-state index in [0.717, 1.165) is 0 Å². The smallest absolute Gasteiger partial charge is 0.187 e. The van der Waals surface area contributed by atoms with E-state index in [9.17, 15) is 30.6 Å². The highest BCUT2D eigenvalue weighted by Crippen LogP contribution is 2.48. The van der Waals surface area contributed by atoms with Crippen LogP contribution in [0.15, 0.2) is 12.2 Å². The molecule has 158 valence electrons. The maximum atomic E-state index is 11.2. The molecule has 1 saturated heterocycles. The summed E-state index contributed by atoms with van der Waals surface area (Å²) in [5.41, 5.74) is -1.68. The zero-order valence-electron chi connectivity index (χ0n) is 16.4. The summed E-state index contributed by atoms with van der Waals surface area (Å²) in [6, 6.07) is 0. The monoisotopic (exact) mass is 390 g/mol. The summed E-state index contributed by atoms with van der Waals surface area (Å²) >= 11 is 0. The van der Waals surface area contributed by atoms with Crippen LogP contribution in [0.4, 0.5) is 0 Å². The predicted octanol–water partition coefficient (Wildman–Crippen LogP) is -0.704. The average Bonchev–Trinajstić information content (AvgIpc) is 2.58. The lowest BCUT2D eigenvalue weighted by Crippen LogP contribution is -2.59. The first-order valence-electron chi connectivity index (χ1n) is 9.48. The van der Waals surface area contributed by atoms with E-state index in [0.29, 0.717) is 12.8 Å². The Morgan fingerprint density at radius 3 is 2.33 bits per heavy atom. The minimum absolute atomic E-state index is 0.160. The van der Waals surface area contributed by atoms with Crippen LogP contribution in [0.1, 0.15) is 40.5 Å². The zero-order valence-corrected chi connectivity index (χ0v) is 16.4. The van der Waals surface area contributed by atoms with E-state index >= 15 is 0 Å². The molecule has 0 spiro atoms. The van der Waals surface area contributed by atoms with Gasteiger partial charge in [-0.25, -0.2) is 0 Å². The van der Waals surface area contributed by atoms with Crippen LogP contribution in [0.2, 0.25) is 0 Å². The third-order valence-electron chi connectivity index (χ3n) is 6.03. The van der Waals surface area contributed by atoms with Gasteiger partial charge in [-0.3, -0.25) is 0 Å². The van der Waals surface area contributed by atoms with Crippen LogP contribution < -0.4 is 0 Å². The minimum atomic E-state index is -1.50. The molecule has 0 aromatic carbocycles. The summed E-state index contributed by atoms with van der Waals surface area (Å²) in [6.45, 7) is 6.86. The molecule has 1 aliphatic carbocycles. The van der Waals surface area contributed by atoms with E-state index in [2.05, 4.69) is 0 Å². The zero-order chi connectivity index (χ0) is 20.6. The van der Waals surface area contributed by atoms with Gasteiger partial charge in [0, 0.05) is 0 Å². The molecule has 2 aliphatic rings. The van der Waals surface area contributed by atoms with Crippen LogP contribution in [0.5, 0.6) is 0 Å². The highest BCUT2D eigenvalue weighted by Gasteiger charge is 2.50. The van der Waals surface area contributed by atoms with Crippen molar-refractivity contribution in [3.63, 3.8) is 0 Å². The molecule has 0 radical (unpaired) electrons. The summed E-state index contributed by atoms with van der Waals surface area (Å²) in [4.78, 5) is 0. The molecule has 1 saturated carbocycles. The van der Waals surface area contributed by atoms with Gasteiger partial charge in [0.1, 0.15) is 24.4 Å². The van der Waals surface area contributed by atoms with Crippen LogP contribution >= 0.6 is 0 Å². The molecule has 0 aromatic heterocycles. The second-order valence-electron chi connectivity index (χ2n) is 8.60. The Morgan fingerprint density at radius 1 is 1.15 bits per heavy atom. The Morgan fingerprint density at radius 2 is 1.78 bits per heavy atom. The molecule has 2 rings (SSSR count). The van der Waals surface area contributed by atoms with Crippen molar-refractivity contribution in [1.29, 1.82) is 0 Å². The lowest BCUT2D eigenvalue weighted by atomic mass is 9.60. The first kappa shape index (κ1) is 22.7. The number of aliphatic hydroxyl groups excluding tert-OH is 5. The quantitative estimate of drug-likeness (QED) is 0.339. The second-order valence-corrected chi connectivity index (χ2v) is 8.60. The van der Waals surface area contributed by atoms with E-state index in [1.54, 1.807) is 19.1 Å². The molecule has 2 fully saturated rings. The molecular weight excluding hydrogens is 356 g/mol. The largest absolute Gasteiger partial charge is 0.394 e. The standard InChI is InChI=1S/C19H34O8/c1-10-7-12(21)8-18(3,4)19(10,25)6-5-11(2)26-17-16(24)15(23)14(22)13(9-20)27-17/h5-6,10-17,20-25H,7-9H2,1-4H3/b6-5+/t10-,11+,12-,13-,14-,15+,16-,17-,19-/m0/s1. The Bertz CT molecular complexity index is 522. The number of hydrogen-bond donors (Lipinski definition) is 6. The van der Waals surface area contributed by atoms with E-state index in [-0.39, 0.29) is 5.92 Å².